The summed E-state index contributed by atoms with van der Waals surface area (Å²) in [5.74, 6) is -0.866. The average Bonchev–Trinajstić information content (AvgIpc) is 2.02. The smallest absolute Gasteiger partial charge is 0.203 e. The molecule has 0 rings (SSSR count). The van der Waals surface area contributed by atoms with Crippen LogP contribution >= 0.6 is 11.6 Å². The Morgan fingerprint density at radius 1 is 1.09 bits per heavy atom. The first-order valence-corrected chi connectivity index (χ1v) is 4.65. The van der Waals surface area contributed by atoms with Crippen LogP contribution in [0, 0.1) is 0 Å². The molecular formula is C6H15ClO3Si. The maximum atomic E-state index is 6.02. The molecule has 0 fully saturated rings. The number of hydrogen-bond acceptors (Lipinski definition) is 3. The van der Waals surface area contributed by atoms with Gasteiger partial charge in [0.1, 0.15) is 0 Å². The molecule has 0 aromatic carbocycles. The number of methoxy groups -OCH3 is 3. The first-order chi connectivity index (χ1) is 4.93. The number of alkyl halides is 1. The van der Waals surface area contributed by atoms with Crippen molar-refractivity contribution >= 4 is 21.8 Å². The van der Waals surface area contributed by atoms with E-state index in [1.165, 1.54) is 21.3 Å². The molecule has 0 N–H and O–H groups in total. The van der Waals surface area contributed by atoms with Crippen molar-refractivity contribution in [2.45, 2.75) is 17.4 Å². The molecule has 5 heteroatoms. The molecule has 0 aliphatic rings. The number of ether oxygens (including phenoxy) is 3. The van der Waals surface area contributed by atoms with Gasteiger partial charge in [-0.15, -0.1) is 0 Å². The maximum absolute atomic E-state index is 6.02. The summed E-state index contributed by atoms with van der Waals surface area (Å²) >= 11 is 6.02. The minimum atomic E-state index is -0.866. The van der Waals surface area contributed by atoms with Crippen molar-refractivity contribution in [1.29, 1.82) is 0 Å². The third-order valence-electron chi connectivity index (χ3n) is 1.97. The minimum Gasteiger partial charge on any atom is -0.362 e. The van der Waals surface area contributed by atoms with E-state index in [0.717, 1.165) is 0 Å². The molecule has 0 aromatic heterocycles. The highest BCUT2D eigenvalue weighted by molar-refractivity contribution is 6.44. The molecule has 0 amide bonds. The van der Waals surface area contributed by atoms with Crippen LogP contribution < -0.4 is 0 Å². The van der Waals surface area contributed by atoms with Gasteiger partial charge >= 0.3 is 0 Å². The highest BCUT2D eigenvalue weighted by Gasteiger charge is 2.44. The van der Waals surface area contributed by atoms with Gasteiger partial charge in [-0.2, -0.15) is 0 Å². The molecule has 0 saturated carbocycles. The topological polar surface area (TPSA) is 27.7 Å². The van der Waals surface area contributed by atoms with E-state index >= 15 is 0 Å². The summed E-state index contributed by atoms with van der Waals surface area (Å²) in [5, 5.41) is 0. The van der Waals surface area contributed by atoms with Gasteiger partial charge in [-0.25, -0.2) is 0 Å². The lowest BCUT2D eigenvalue weighted by molar-refractivity contribution is -0.245. The van der Waals surface area contributed by atoms with Crippen molar-refractivity contribution in [3.63, 3.8) is 0 Å². The fourth-order valence-electron chi connectivity index (χ4n) is 0.633. The molecule has 0 saturated heterocycles. The van der Waals surface area contributed by atoms with Crippen LogP contribution in [0.25, 0.3) is 0 Å². The molecule has 0 aliphatic heterocycles. The van der Waals surface area contributed by atoms with Crippen LogP contribution in [0.5, 0.6) is 0 Å². The lowest BCUT2D eigenvalue weighted by Gasteiger charge is -2.38. The quantitative estimate of drug-likeness (QED) is 0.359. The summed E-state index contributed by atoms with van der Waals surface area (Å²) in [6.45, 7) is 1.75. The number of hydrogen-bond donors (Lipinski definition) is 0. The van der Waals surface area contributed by atoms with E-state index in [2.05, 4.69) is 0 Å². The summed E-state index contributed by atoms with van der Waals surface area (Å²) < 4.78 is 14.4. The molecule has 0 aromatic rings. The van der Waals surface area contributed by atoms with Gasteiger partial charge < -0.3 is 14.2 Å². The molecule has 0 bridgehead atoms. The molecule has 0 aliphatic carbocycles. The van der Waals surface area contributed by atoms with Gasteiger partial charge in [-0.1, -0.05) is 11.6 Å². The third kappa shape index (κ3) is 2.16. The van der Waals surface area contributed by atoms with E-state index in [-0.39, 0.29) is 0 Å². The SMILES string of the molecule is COC([SiH3])(Cl)C(C)(OC)OC. The second-order valence-electron chi connectivity index (χ2n) is 2.47. The molecule has 11 heavy (non-hydrogen) atoms. The lowest BCUT2D eigenvalue weighted by Crippen LogP contribution is -2.52. The summed E-state index contributed by atoms with van der Waals surface area (Å²) in [6.07, 6.45) is 0. The van der Waals surface area contributed by atoms with Crippen molar-refractivity contribution in [3.05, 3.63) is 0 Å². The second kappa shape index (κ2) is 3.87. The largest absolute Gasteiger partial charge is 0.362 e. The van der Waals surface area contributed by atoms with Gasteiger partial charge in [0.25, 0.3) is 0 Å². The van der Waals surface area contributed by atoms with Crippen molar-refractivity contribution in [3.8, 4) is 0 Å². The van der Waals surface area contributed by atoms with Gasteiger partial charge in [-0.3, -0.25) is 0 Å². The van der Waals surface area contributed by atoms with E-state index in [9.17, 15) is 0 Å². The monoisotopic (exact) mass is 198 g/mol. The van der Waals surface area contributed by atoms with Gasteiger partial charge in [-0.05, 0) is 6.92 Å². The molecule has 0 spiro atoms. The first kappa shape index (κ1) is 11.4. The van der Waals surface area contributed by atoms with Gasteiger partial charge in [0.2, 0.25) is 5.79 Å². The van der Waals surface area contributed by atoms with Crippen LogP contribution in [-0.4, -0.2) is 42.0 Å². The summed E-state index contributed by atoms with van der Waals surface area (Å²) in [4.78, 5) is 0. The van der Waals surface area contributed by atoms with Crippen LogP contribution in [0.3, 0.4) is 0 Å². The second-order valence-corrected chi connectivity index (χ2v) is 5.24. The van der Waals surface area contributed by atoms with E-state index < -0.39 is 10.5 Å². The minimum absolute atomic E-state index is 0.619. The van der Waals surface area contributed by atoms with Crippen LogP contribution in [0.1, 0.15) is 6.92 Å². The Bertz CT molecular complexity index is 125. The summed E-state index contributed by atoms with van der Waals surface area (Å²) in [7, 11) is 5.24. The molecule has 0 heterocycles. The predicted octanol–water partition coefficient (Wildman–Crippen LogP) is -0.100. The zero-order valence-corrected chi connectivity index (χ0v) is 10.4. The van der Waals surface area contributed by atoms with E-state index in [1.807, 2.05) is 0 Å². The van der Waals surface area contributed by atoms with Crippen LogP contribution in [0.4, 0.5) is 0 Å². The van der Waals surface area contributed by atoms with Crippen LogP contribution in [-0.2, 0) is 14.2 Å². The lowest BCUT2D eigenvalue weighted by atomic mass is 10.3. The van der Waals surface area contributed by atoms with Crippen molar-refractivity contribution in [1.82, 2.24) is 0 Å². The third-order valence-corrected chi connectivity index (χ3v) is 3.79. The molecule has 1 atom stereocenters. The van der Waals surface area contributed by atoms with Gasteiger partial charge in [0.15, 0.2) is 4.68 Å². The Balaban J connectivity index is 4.47. The van der Waals surface area contributed by atoms with E-state index in [0.29, 0.717) is 10.2 Å². The Hall–Kier alpha value is 0.387. The average molecular weight is 199 g/mol. The van der Waals surface area contributed by atoms with E-state index in [1.54, 1.807) is 6.92 Å². The van der Waals surface area contributed by atoms with Crippen molar-refractivity contribution in [2.24, 2.45) is 0 Å². The Labute approximate surface area is 75.4 Å². The zero-order valence-electron chi connectivity index (χ0n) is 7.60. The molecule has 68 valence electrons. The number of halogens is 1. The molecular weight excluding hydrogens is 184 g/mol. The van der Waals surface area contributed by atoms with Crippen LogP contribution in [0.15, 0.2) is 0 Å². The number of rotatable bonds is 4. The van der Waals surface area contributed by atoms with Crippen molar-refractivity contribution in [2.75, 3.05) is 21.3 Å². The Kier molecular flexibility index (Phi) is 4.00. The van der Waals surface area contributed by atoms with Gasteiger partial charge in [0.05, 0.1) is 10.2 Å². The zero-order chi connectivity index (χ0) is 9.12. The highest BCUT2D eigenvalue weighted by atomic mass is 35.5. The summed E-state index contributed by atoms with van der Waals surface area (Å²) in [5.41, 5.74) is 0. The Morgan fingerprint density at radius 3 is 1.55 bits per heavy atom. The fraction of sp³-hybridized carbons (Fsp3) is 1.00. The first-order valence-electron chi connectivity index (χ1n) is 3.28. The van der Waals surface area contributed by atoms with E-state index in [4.69, 9.17) is 25.8 Å². The molecule has 0 radical (unpaired) electrons. The summed E-state index contributed by atoms with van der Waals surface area (Å²) in [6, 6.07) is 0. The molecule has 1 unspecified atom stereocenters. The Morgan fingerprint density at radius 2 is 1.45 bits per heavy atom. The normalized spacial score (nSPS) is 18.3. The predicted molar refractivity (Wildman–Crippen MR) is 48.0 cm³/mol. The standard InChI is InChI=1S/C6H15ClO3Si/c1-5(8-2,9-3)6(7,11)10-4/h1-4,11H3. The fourth-order valence-corrected chi connectivity index (χ4v) is 1.20. The van der Waals surface area contributed by atoms with Crippen LogP contribution in [0.2, 0.25) is 0 Å². The molecule has 3 nitrogen and oxygen atoms in total. The van der Waals surface area contributed by atoms with Gasteiger partial charge in [0, 0.05) is 21.3 Å². The highest BCUT2D eigenvalue weighted by Crippen LogP contribution is 2.30. The maximum Gasteiger partial charge on any atom is 0.203 e. The van der Waals surface area contributed by atoms with Crippen molar-refractivity contribution < 1.29 is 14.2 Å².